The van der Waals surface area contributed by atoms with E-state index in [4.69, 9.17) is 0 Å². The first kappa shape index (κ1) is 9.43. The number of hydrogen-bond donors (Lipinski definition) is 0. The van der Waals surface area contributed by atoms with Crippen LogP contribution < -0.4 is 0 Å². The van der Waals surface area contributed by atoms with Crippen molar-refractivity contribution in [2.45, 2.75) is 40.5 Å². The van der Waals surface area contributed by atoms with Gasteiger partial charge in [0.1, 0.15) is 0 Å². The van der Waals surface area contributed by atoms with E-state index in [0.717, 1.165) is 0 Å². The number of ketones is 2. The molecular formula is C10H16O2. The first-order valence-corrected chi connectivity index (χ1v) is 4.53. The number of Topliss-reactive ketones (excluding diaryl/α,β-unsaturated/α-hetero) is 2. The van der Waals surface area contributed by atoms with Gasteiger partial charge in [0.25, 0.3) is 0 Å². The van der Waals surface area contributed by atoms with E-state index in [0.29, 0.717) is 12.8 Å². The molecule has 0 heterocycles. The molecular weight excluding hydrogens is 152 g/mol. The van der Waals surface area contributed by atoms with Gasteiger partial charge >= 0.3 is 0 Å². The lowest BCUT2D eigenvalue weighted by atomic mass is 9.50. The van der Waals surface area contributed by atoms with Gasteiger partial charge in [-0.3, -0.25) is 9.59 Å². The fraction of sp³-hybridized carbons (Fsp3) is 0.800. The fourth-order valence-corrected chi connectivity index (χ4v) is 2.23. The summed E-state index contributed by atoms with van der Waals surface area (Å²) in [5, 5.41) is 0. The Balaban J connectivity index is 3.01. The molecule has 0 aromatic carbocycles. The van der Waals surface area contributed by atoms with Crippen LogP contribution in [0, 0.1) is 10.8 Å². The van der Waals surface area contributed by atoms with Crippen molar-refractivity contribution < 1.29 is 9.59 Å². The summed E-state index contributed by atoms with van der Waals surface area (Å²) in [5.74, 6) is 0.259. The highest BCUT2D eigenvalue weighted by molar-refractivity contribution is 6.30. The molecule has 0 atom stereocenters. The Morgan fingerprint density at radius 3 is 1.50 bits per heavy atom. The molecule has 0 aromatic rings. The van der Waals surface area contributed by atoms with Gasteiger partial charge in [-0.15, -0.1) is 0 Å². The van der Waals surface area contributed by atoms with Crippen LogP contribution in [0.4, 0.5) is 0 Å². The van der Waals surface area contributed by atoms with Crippen molar-refractivity contribution in [1.29, 1.82) is 0 Å². The minimum absolute atomic E-state index is 0.130. The second-order valence-electron chi connectivity index (χ2n) is 4.07. The summed E-state index contributed by atoms with van der Waals surface area (Å²) < 4.78 is 0. The van der Waals surface area contributed by atoms with E-state index in [2.05, 4.69) is 0 Å². The molecule has 0 aromatic heterocycles. The molecule has 0 aliphatic heterocycles. The predicted octanol–water partition coefficient (Wildman–Crippen LogP) is 1.97. The minimum atomic E-state index is -0.702. The molecule has 0 unspecified atom stereocenters. The number of carbonyl (C=O) groups is 2. The average Bonchev–Trinajstić information content (AvgIpc) is 2.07. The van der Waals surface area contributed by atoms with Gasteiger partial charge in [0, 0.05) is 0 Å². The molecule has 1 aliphatic rings. The quantitative estimate of drug-likeness (QED) is 0.591. The van der Waals surface area contributed by atoms with Crippen molar-refractivity contribution in [3.63, 3.8) is 0 Å². The topological polar surface area (TPSA) is 34.1 Å². The van der Waals surface area contributed by atoms with E-state index in [-0.39, 0.29) is 11.6 Å². The molecule has 0 N–H and O–H groups in total. The van der Waals surface area contributed by atoms with Crippen molar-refractivity contribution in [2.75, 3.05) is 0 Å². The Kier molecular flexibility index (Phi) is 1.89. The molecule has 1 fully saturated rings. The third-order valence-electron chi connectivity index (χ3n) is 3.21. The van der Waals surface area contributed by atoms with E-state index in [9.17, 15) is 9.59 Å². The molecule has 68 valence electrons. The molecule has 2 heteroatoms. The van der Waals surface area contributed by atoms with E-state index in [1.54, 1.807) is 13.8 Å². The van der Waals surface area contributed by atoms with Crippen LogP contribution in [-0.2, 0) is 9.59 Å². The lowest BCUT2D eigenvalue weighted by Gasteiger charge is -2.48. The summed E-state index contributed by atoms with van der Waals surface area (Å²) in [7, 11) is 0. The van der Waals surface area contributed by atoms with Crippen molar-refractivity contribution in [2.24, 2.45) is 10.8 Å². The fourth-order valence-electron chi connectivity index (χ4n) is 2.23. The van der Waals surface area contributed by atoms with Gasteiger partial charge in [0.15, 0.2) is 11.6 Å². The van der Waals surface area contributed by atoms with Crippen LogP contribution >= 0.6 is 0 Å². The number of hydrogen-bond acceptors (Lipinski definition) is 2. The molecule has 0 radical (unpaired) electrons. The van der Waals surface area contributed by atoms with Crippen LogP contribution in [0.15, 0.2) is 0 Å². The van der Waals surface area contributed by atoms with E-state index in [1.807, 2.05) is 13.8 Å². The monoisotopic (exact) mass is 168 g/mol. The molecule has 2 nitrogen and oxygen atoms in total. The molecule has 12 heavy (non-hydrogen) atoms. The normalized spacial score (nSPS) is 25.3. The highest BCUT2D eigenvalue weighted by Crippen LogP contribution is 2.50. The maximum atomic E-state index is 11.7. The highest BCUT2D eigenvalue weighted by Gasteiger charge is 2.64. The first-order valence-electron chi connectivity index (χ1n) is 4.53. The summed E-state index contributed by atoms with van der Waals surface area (Å²) in [4.78, 5) is 23.3. The van der Waals surface area contributed by atoms with Crippen molar-refractivity contribution in [3.05, 3.63) is 0 Å². The van der Waals surface area contributed by atoms with Gasteiger partial charge in [-0.2, -0.15) is 0 Å². The standard InChI is InChI=1S/C10H16O2/c1-5-10(6-2)7(11)9(3,4)8(10)12/h5-6H2,1-4H3. The Labute approximate surface area is 73.3 Å². The van der Waals surface area contributed by atoms with Crippen LogP contribution in [0.25, 0.3) is 0 Å². The molecule has 1 saturated carbocycles. The van der Waals surface area contributed by atoms with Gasteiger partial charge in [0.05, 0.1) is 10.8 Å². The maximum absolute atomic E-state index is 11.7. The Bertz CT molecular complexity index is 214. The number of rotatable bonds is 2. The van der Waals surface area contributed by atoms with E-state index in [1.165, 1.54) is 0 Å². The smallest absolute Gasteiger partial charge is 0.159 e. The Morgan fingerprint density at radius 1 is 1.00 bits per heavy atom. The van der Waals surface area contributed by atoms with Crippen molar-refractivity contribution in [3.8, 4) is 0 Å². The number of carbonyl (C=O) groups excluding carboxylic acids is 2. The second kappa shape index (κ2) is 2.41. The van der Waals surface area contributed by atoms with E-state index < -0.39 is 10.8 Å². The summed E-state index contributed by atoms with van der Waals surface area (Å²) in [6.45, 7) is 7.27. The highest BCUT2D eigenvalue weighted by atomic mass is 16.2. The third-order valence-corrected chi connectivity index (χ3v) is 3.21. The lowest BCUT2D eigenvalue weighted by molar-refractivity contribution is -0.169. The molecule has 1 rings (SSSR count). The van der Waals surface area contributed by atoms with Gasteiger partial charge < -0.3 is 0 Å². The zero-order valence-corrected chi connectivity index (χ0v) is 8.23. The zero-order chi connectivity index (χ0) is 9.57. The van der Waals surface area contributed by atoms with Crippen LogP contribution in [0.3, 0.4) is 0 Å². The molecule has 0 bridgehead atoms. The third kappa shape index (κ3) is 0.755. The molecule has 0 saturated heterocycles. The summed E-state index contributed by atoms with van der Waals surface area (Å²) in [5.41, 5.74) is -1.32. The zero-order valence-electron chi connectivity index (χ0n) is 8.23. The average molecular weight is 168 g/mol. The van der Waals surface area contributed by atoms with E-state index >= 15 is 0 Å². The SMILES string of the molecule is CCC1(CC)C(=O)C(C)(C)C1=O. The van der Waals surface area contributed by atoms with Crippen LogP contribution in [-0.4, -0.2) is 11.6 Å². The van der Waals surface area contributed by atoms with Crippen LogP contribution in [0.2, 0.25) is 0 Å². The molecule has 0 amide bonds. The van der Waals surface area contributed by atoms with Gasteiger partial charge in [0.2, 0.25) is 0 Å². The van der Waals surface area contributed by atoms with Gasteiger partial charge in [-0.1, -0.05) is 13.8 Å². The summed E-state index contributed by atoms with van der Waals surface area (Å²) >= 11 is 0. The van der Waals surface area contributed by atoms with Crippen LogP contribution in [0.5, 0.6) is 0 Å². The van der Waals surface area contributed by atoms with Gasteiger partial charge in [-0.05, 0) is 26.7 Å². The first-order chi connectivity index (χ1) is 5.43. The molecule has 0 spiro atoms. The second-order valence-corrected chi connectivity index (χ2v) is 4.07. The lowest BCUT2D eigenvalue weighted by Crippen LogP contribution is -2.63. The largest absolute Gasteiger partial charge is 0.297 e. The predicted molar refractivity (Wildman–Crippen MR) is 46.8 cm³/mol. The summed E-state index contributed by atoms with van der Waals surface area (Å²) in [6.07, 6.45) is 1.31. The minimum Gasteiger partial charge on any atom is -0.297 e. The maximum Gasteiger partial charge on any atom is 0.159 e. The Morgan fingerprint density at radius 2 is 1.33 bits per heavy atom. The van der Waals surface area contributed by atoms with Gasteiger partial charge in [-0.25, -0.2) is 0 Å². The van der Waals surface area contributed by atoms with Crippen LogP contribution in [0.1, 0.15) is 40.5 Å². The van der Waals surface area contributed by atoms with Crippen molar-refractivity contribution in [1.82, 2.24) is 0 Å². The van der Waals surface area contributed by atoms with Crippen molar-refractivity contribution >= 4 is 11.6 Å². The molecule has 1 aliphatic carbocycles. The Hall–Kier alpha value is -0.660. The summed E-state index contributed by atoms with van der Waals surface area (Å²) in [6, 6.07) is 0.